The molecule has 0 radical (unpaired) electrons. The summed E-state index contributed by atoms with van der Waals surface area (Å²) in [5.41, 5.74) is 1.35. The van der Waals surface area contributed by atoms with E-state index in [9.17, 15) is 9.59 Å². The van der Waals surface area contributed by atoms with E-state index < -0.39 is 6.09 Å². The Morgan fingerprint density at radius 3 is 2.62 bits per heavy atom. The number of fused-ring (bicyclic) bond motifs is 1. The number of thiazole rings is 1. The number of anilines is 1. The highest BCUT2D eigenvalue weighted by Gasteiger charge is 2.35. The smallest absolute Gasteiger partial charge is 0.416 e. The predicted molar refractivity (Wildman–Crippen MR) is 156 cm³/mol. The third-order valence-corrected chi connectivity index (χ3v) is 7.96. The number of hydrogen-bond acceptors (Lipinski definition) is 9. The lowest BCUT2D eigenvalue weighted by molar-refractivity contribution is 0.0541. The number of nitrogens with zero attached hydrogens (tertiary/aromatic N) is 3. The highest BCUT2D eigenvalue weighted by molar-refractivity contribution is 7.22. The molecule has 0 aliphatic carbocycles. The molecule has 3 aromatic rings. The molecule has 0 bridgehead atoms. The molecule has 1 aromatic heterocycles. The van der Waals surface area contributed by atoms with Gasteiger partial charge in [0, 0.05) is 64.3 Å². The molecular weight excluding hydrogens is 532 g/mol. The SMILES string of the molecule is COCCCOc1cc(C(=O)N(C[C@H]2CNC[C@H]2OC(=O)N(C)c2nc3ccccc3s2)C(C)C)ccc1OC. The van der Waals surface area contributed by atoms with Gasteiger partial charge in [-0.05, 0) is 44.2 Å². The number of nitrogens with one attached hydrogen (secondary N) is 1. The Labute approximate surface area is 239 Å². The van der Waals surface area contributed by atoms with Crippen molar-refractivity contribution in [2.45, 2.75) is 32.4 Å². The van der Waals surface area contributed by atoms with Crippen LogP contribution in [0.3, 0.4) is 0 Å². The van der Waals surface area contributed by atoms with E-state index in [-0.39, 0.29) is 24.0 Å². The minimum Gasteiger partial charge on any atom is -0.493 e. The van der Waals surface area contributed by atoms with Gasteiger partial charge in [-0.25, -0.2) is 9.78 Å². The van der Waals surface area contributed by atoms with Crippen molar-refractivity contribution in [2.24, 2.45) is 5.92 Å². The number of aromatic nitrogens is 1. The van der Waals surface area contributed by atoms with E-state index in [0.717, 1.165) is 16.6 Å². The van der Waals surface area contributed by atoms with E-state index in [2.05, 4.69) is 10.3 Å². The second-order valence-corrected chi connectivity index (χ2v) is 11.0. The maximum absolute atomic E-state index is 13.7. The fraction of sp³-hybridized carbons (Fsp3) is 0.483. The number of carbonyl (C=O) groups excluding carboxylic acids is 2. The van der Waals surface area contributed by atoms with Crippen LogP contribution in [0, 0.1) is 5.92 Å². The van der Waals surface area contributed by atoms with E-state index in [0.29, 0.717) is 55.0 Å². The molecule has 1 aliphatic heterocycles. The van der Waals surface area contributed by atoms with Crippen molar-refractivity contribution in [1.29, 1.82) is 0 Å². The van der Waals surface area contributed by atoms with Gasteiger partial charge in [0.15, 0.2) is 16.6 Å². The molecule has 40 heavy (non-hydrogen) atoms. The molecule has 1 fully saturated rings. The van der Waals surface area contributed by atoms with Crippen LogP contribution < -0.4 is 19.7 Å². The molecule has 11 heteroatoms. The summed E-state index contributed by atoms with van der Waals surface area (Å²) in [6.07, 6.45) is -0.127. The van der Waals surface area contributed by atoms with Gasteiger partial charge in [-0.2, -0.15) is 0 Å². The van der Waals surface area contributed by atoms with Gasteiger partial charge in [-0.3, -0.25) is 9.69 Å². The zero-order valence-corrected chi connectivity index (χ0v) is 24.5. The van der Waals surface area contributed by atoms with E-state index in [1.807, 2.05) is 43.0 Å². The second-order valence-electron chi connectivity index (χ2n) is 9.98. The van der Waals surface area contributed by atoms with Crippen LogP contribution in [0.25, 0.3) is 10.2 Å². The lowest BCUT2D eigenvalue weighted by atomic mass is 10.0. The molecule has 2 atom stereocenters. The van der Waals surface area contributed by atoms with Crippen molar-refractivity contribution in [1.82, 2.24) is 15.2 Å². The Morgan fingerprint density at radius 1 is 1.10 bits per heavy atom. The molecule has 1 N–H and O–H groups in total. The van der Waals surface area contributed by atoms with Gasteiger partial charge in [-0.1, -0.05) is 23.5 Å². The van der Waals surface area contributed by atoms with Crippen molar-refractivity contribution in [3.63, 3.8) is 0 Å². The zero-order valence-electron chi connectivity index (χ0n) is 23.7. The maximum Gasteiger partial charge on any atom is 0.416 e. The maximum atomic E-state index is 13.7. The van der Waals surface area contributed by atoms with Gasteiger partial charge < -0.3 is 29.2 Å². The van der Waals surface area contributed by atoms with Gasteiger partial charge in [-0.15, -0.1) is 0 Å². The second kappa shape index (κ2) is 13.8. The standard InChI is InChI=1S/C29H38N4O6S/c1-19(2)33(27(34)20-11-12-23(37-5)24(15-20)38-14-8-13-36-4)18-21-16-30-17-25(21)39-29(35)32(3)28-31-22-9-6-7-10-26(22)40-28/h6-7,9-12,15,19,21,25,30H,8,13-14,16-18H2,1-5H3/t21-,25-/m1/s1. The molecular formula is C29H38N4O6S. The Hall–Kier alpha value is -3.41. The average Bonchev–Trinajstić information content (AvgIpc) is 3.59. The summed E-state index contributed by atoms with van der Waals surface area (Å²) < 4.78 is 23.3. The van der Waals surface area contributed by atoms with E-state index in [1.165, 1.54) is 16.2 Å². The van der Waals surface area contributed by atoms with Gasteiger partial charge in [0.2, 0.25) is 0 Å². The van der Waals surface area contributed by atoms with Crippen molar-refractivity contribution in [3.05, 3.63) is 48.0 Å². The summed E-state index contributed by atoms with van der Waals surface area (Å²) in [6, 6.07) is 12.9. The van der Waals surface area contributed by atoms with Crippen LogP contribution in [-0.2, 0) is 9.47 Å². The molecule has 2 heterocycles. The van der Waals surface area contributed by atoms with Gasteiger partial charge >= 0.3 is 6.09 Å². The van der Waals surface area contributed by atoms with Crippen LogP contribution >= 0.6 is 11.3 Å². The molecule has 1 aliphatic rings. The minimum atomic E-state index is -0.467. The first-order valence-electron chi connectivity index (χ1n) is 13.4. The number of hydrogen-bond donors (Lipinski definition) is 1. The Kier molecular flexibility index (Phi) is 10.2. The number of methoxy groups -OCH3 is 2. The largest absolute Gasteiger partial charge is 0.493 e. The molecule has 0 saturated carbocycles. The number of amides is 2. The van der Waals surface area contributed by atoms with Crippen molar-refractivity contribution >= 4 is 38.7 Å². The van der Waals surface area contributed by atoms with Gasteiger partial charge in [0.1, 0.15) is 6.10 Å². The molecule has 10 nitrogen and oxygen atoms in total. The number of benzene rings is 2. The van der Waals surface area contributed by atoms with Crippen LogP contribution in [-0.4, -0.2) is 88.1 Å². The van der Waals surface area contributed by atoms with Crippen LogP contribution in [0.5, 0.6) is 11.5 Å². The quantitative estimate of drug-likeness (QED) is 0.319. The first-order valence-corrected chi connectivity index (χ1v) is 14.2. The molecule has 216 valence electrons. The molecule has 4 rings (SSSR count). The Balaban J connectivity index is 1.43. The van der Waals surface area contributed by atoms with Crippen LogP contribution in [0.2, 0.25) is 0 Å². The Bertz CT molecular complexity index is 1270. The third-order valence-electron chi connectivity index (χ3n) is 6.85. The molecule has 2 aromatic carbocycles. The number of rotatable bonds is 12. The molecule has 0 spiro atoms. The summed E-state index contributed by atoms with van der Waals surface area (Å²) in [5.74, 6) is 0.889. The van der Waals surface area contributed by atoms with Crippen molar-refractivity contribution in [2.75, 3.05) is 59.0 Å². The normalized spacial score (nSPS) is 16.8. The fourth-order valence-electron chi connectivity index (χ4n) is 4.57. The average molecular weight is 571 g/mol. The number of carbonyl (C=O) groups is 2. The van der Waals surface area contributed by atoms with Crippen LogP contribution in [0.4, 0.5) is 9.93 Å². The van der Waals surface area contributed by atoms with Crippen molar-refractivity contribution < 1.29 is 28.5 Å². The third kappa shape index (κ3) is 7.01. The monoisotopic (exact) mass is 570 g/mol. The topological polar surface area (TPSA) is 102 Å². The predicted octanol–water partition coefficient (Wildman–Crippen LogP) is 4.43. The van der Waals surface area contributed by atoms with E-state index >= 15 is 0 Å². The highest BCUT2D eigenvalue weighted by Crippen LogP contribution is 2.30. The van der Waals surface area contributed by atoms with E-state index in [1.54, 1.807) is 39.5 Å². The van der Waals surface area contributed by atoms with Gasteiger partial charge in [0.25, 0.3) is 5.91 Å². The lowest BCUT2D eigenvalue weighted by Crippen LogP contribution is -2.44. The zero-order chi connectivity index (χ0) is 28.6. The summed E-state index contributed by atoms with van der Waals surface area (Å²) in [5, 5.41) is 3.89. The first-order chi connectivity index (χ1) is 19.3. The summed E-state index contributed by atoms with van der Waals surface area (Å²) in [7, 11) is 4.88. The van der Waals surface area contributed by atoms with Crippen LogP contribution in [0.15, 0.2) is 42.5 Å². The summed E-state index contributed by atoms with van der Waals surface area (Å²) in [4.78, 5) is 34.5. The highest BCUT2D eigenvalue weighted by atomic mass is 32.1. The molecule has 1 saturated heterocycles. The summed E-state index contributed by atoms with van der Waals surface area (Å²) >= 11 is 1.44. The van der Waals surface area contributed by atoms with Crippen molar-refractivity contribution in [3.8, 4) is 11.5 Å². The minimum absolute atomic E-state index is 0.0666. The lowest BCUT2D eigenvalue weighted by Gasteiger charge is -2.31. The first kappa shape index (κ1) is 29.6. The van der Waals surface area contributed by atoms with E-state index in [4.69, 9.17) is 18.9 Å². The van der Waals surface area contributed by atoms with Gasteiger partial charge in [0.05, 0.1) is 23.9 Å². The Morgan fingerprint density at radius 2 is 1.90 bits per heavy atom. The molecule has 0 unspecified atom stereocenters. The fourth-order valence-corrected chi connectivity index (χ4v) is 5.49. The summed E-state index contributed by atoms with van der Waals surface area (Å²) in [6.45, 7) is 6.58. The number of ether oxygens (including phenoxy) is 4. The number of para-hydroxylation sites is 1. The molecule has 2 amide bonds. The van der Waals surface area contributed by atoms with Crippen LogP contribution in [0.1, 0.15) is 30.6 Å².